The fraction of sp³-hybridized carbons (Fsp3) is 0.375. The summed E-state index contributed by atoms with van der Waals surface area (Å²) in [4.78, 5) is 37.8. The molecule has 5 N–H and O–H groups in total. The van der Waals surface area contributed by atoms with Crippen LogP contribution < -0.4 is 21.3 Å². The average molecular weight is 455 g/mol. The second kappa shape index (κ2) is 10.0. The third-order valence-corrected chi connectivity index (χ3v) is 6.05. The molecule has 9 heteroatoms. The highest BCUT2D eigenvalue weighted by Crippen LogP contribution is 2.37. The zero-order valence-electron chi connectivity index (χ0n) is 19.1. The average Bonchev–Trinajstić information content (AvgIpc) is 3.11. The predicted molar refractivity (Wildman–Crippen MR) is 123 cm³/mol. The first kappa shape index (κ1) is 24.2. The van der Waals surface area contributed by atoms with Crippen molar-refractivity contribution in [2.45, 2.75) is 45.3 Å². The van der Waals surface area contributed by atoms with Crippen molar-refractivity contribution in [3.8, 4) is 5.75 Å². The van der Waals surface area contributed by atoms with Gasteiger partial charge in [-0.25, -0.2) is 5.48 Å². The Balaban J connectivity index is 1.67. The van der Waals surface area contributed by atoms with Gasteiger partial charge >= 0.3 is 0 Å². The van der Waals surface area contributed by atoms with Crippen LogP contribution in [0.2, 0.25) is 0 Å². The smallest absolute Gasteiger partial charge is 0.265 e. The number of ether oxygens (including phenoxy) is 1. The Morgan fingerprint density at radius 2 is 1.94 bits per heavy atom. The number of amides is 3. The minimum absolute atomic E-state index is 0.0845. The predicted octanol–water partition coefficient (Wildman–Crippen LogP) is 1.86. The van der Waals surface area contributed by atoms with E-state index in [4.69, 9.17) is 15.7 Å². The number of carbonyl (C=O) groups is 3. The molecule has 0 aromatic heterocycles. The third kappa shape index (κ3) is 5.32. The van der Waals surface area contributed by atoms with Gasteiger partial charge in [-0.3, -0.25) is 19.6 Å². The summed E-state index contributed by atoms with van der Waals surface area (Å²) in [6, 6.07) is 12.3. The van der Waals surface area contributed by atoms with Crippen LogP contribution in [-0.4, -0.2) is 47.0 Å². The maximum atomic E-state index is 13.0. The quantitative estimate of drug-likeness (QED) is 0.355. The number of nitrogens with one attached hydrogen (secondary N) is 2. The van der Waals surface area contributed by atoms with Crippen molar-refractivity contribution in [1.29, 1.82) is 0 Å². The maximum Gasteiger partial charge on any atom is 0.265 e. The van der Waals surface area contributed by atoms with Crippen LogP contribution in [0.4, 0.5) is 5.69 Å². The van der Waals surface area contributed by atoms with E-state index in [1.54, 1.807) is 12.4 Å². The highest BCUT2D eigenvalue weighted by Gasteiger charge is 2.46. The Bertz CT molecular complexity index is 1040. The molecule has 1 aliphatic heterocycles. The fourth-order valence-corrected chi connectivity index (χ4v) is 4.06. The topological polar surface area (TPSA) is 134 Å². The van der Waals surface area contributed by atoms with Gasteiger partial charge in [0.15, 0.2) is 0 Å². The summed E-state index contributed by atoms with van der Waals surface area (Å²) in [7, 11) is 0. The number of carbonyl (C=O) groups excluding carboxylic acids is 3. The van der Waals surface area contributed by atoms with Crippen LogP contribution in [0.5, 0.6) is 5.75 Å². The molecule has 2 aromatic rings. The highest BCUT2D eigenvalue weighted by molar-refractivity contribution is 5.94. The van der Waals surface area contributed by atoms with Gasteiger partial charge in [0.1, 0.15) is 18.4 Å². The van der Waals surface area contributed by atoms with E-state index < -0.39 is 17.4 Å². The number of nitrogens with two attached hydrogens (primary N) is 1. The Labute approximate surface area is 192 Å². The number of likely N-dealkylation sites (tertiary alicyclic amines) is 1. The molecule has 176 valence electrons. The molecule has 9 nitrogen and oxygen atoms in total. The lowest BCUT2D eigenvalue weighted by atomic mass is 9.81. The minimum atomic E-state index is -0.755. The lowest BCUT2D eigenvalue weighted by molar-refractivity contribution is -0.143. The molecule has 33 heavy (non-hydrogen) atoms. The summed E-state index contributed by atoms with van der Waals surface area (Å²) in [5, 5.41) is 11.6. The maximum absolute atomic E-state index is 13.0. The summed E-state index contributed by atoms with van der Waals surface area (Å²) in [5.74, 6) is -0.382. The number of hydroxylamine groups is 1. The van der Waals surface area contributed by atoms with Crippen molar-refractivity contribution in [2.24, 2.45) is 5.73 Å². The van der Waals surface area contributed by atoms with Crippen LogP contribution >= 0.6 is 0 Å². The third-order valence-electron chi connectivity index (χ3n) is 6.05. The summed E-state index contributed by atoms with van der Waals surface area (Å²) in [6.45, 7) is 6.04. The first-order valence-corrected chi connectivity index (χ1v) is 10.8. The molecule has 3 amide bonds. The van der Waals surface area contributed by atoms with Crippen molar-refractivity contribution in [3.05, 3.63) is 59.2 Å². The molecular weight excluding hydrogens is 424 g/mol. The molecule has 2 aromatic carbocycles. The van der Waals surface area contributed by atoms with Crippen molar-refractivity contribution >= 4 is 23.4 Å². The normalized spacial score (nSPS) is 18.7. The summed E-state index contributed by atoms with van der Waals surface area (Å²) in [6.07, 6.45) is 0.565. The molecule has 1 fully saturated rings. The molecule has 0 radical (unpaired) electrons. The molecule has 0 spiro atoms. The van der Waals surface area contributed by atoms with Crippen molar-refractivity contribution in [3.63, 3.8) is 0 Å². The molecule has 0 aliphatic carbocycles. The van der Waals surface area contributed by atoms with Gasteiger partial charge in [0.25, 0.3) is 5.91 Å². The van der Waals surface area contributed by atoms with Crippen LogP contribution in [0, 0.1) is 6.92 Å². The SMILES string of the molecule is Cc1cc(COc2ccc(C3(C)CCN(C(C)C(=O)NO)C3=O)cc2)cc(NC(=O)CN)c1. The number of hydrogen-bond acceptors (Lipinski definition) is 6. The number of anilines is 1. The van der Waals surface area contributed by atoms with E-state index >= 15 is 0 Å². The number of rotatable bonds is 8. The van der Waals surface area contributed by atoms with Gasteiger partial charge < -0.3 is 20.7 Å². The zero-order chi connectivity index (χ0) is 24.2. The minimum Gasteiger partial charge on any atom is -0.489 e. The molecule has 2 atom stereocenters. The summed E-state index contributed by atoms with van der Waals surface area (Å²) < 4.78 is 5.90. The Morgan fingerprint density at radius 1 is 1.24 bits per heavy atom. The molecule has 0 bridgehead atoms. The lowest BCUT2D eigenvalue weighted by Crippen LogP contribution is -2.47. The van der Waals surface area contributed by atoms with E-state index in [-0.39, 0.29) is 18.4 Å². The van der Waals surface area contributed by atoms with Crippen molar-refractivity contribution in [2.75, 3.05) is 18.4 Å². The number of hydrogen-bond donors (Lipinski definition) is 4. The van der Waals surface area contributed by atoms with E-state index in [1.165, 1.54) is 4.90 Å². The van der Waals surface area contributed by atoms with Gasteiger partial charge in [0.05, 0.1) is 12.0 Å². The Hall–Kier alpha value is -3.43. The lowest BCUT2D eigenvalue weighted by Gasteiger charge is -2.27. The second-order valence-corrected chi connectivity index (χ2v) is 8.51. The first-order valence-electron chi connectivity index (χ1n) is 10.8. The van der Waals surface area contributed by atoms with Crippen LogP contribution in [-0.2, 0) is 26.4 Å². The van der Waals surface area contributed by atoms with Gasteiger partial charge in [-0.1, -0.05) is 18.2 Å². The molecule has 1 saturated heterocycles. The highest BCUT2D eigenvalue weighted by atomic mass is 16.5. The van der Waals surface area contributed by atoms with Crippen molar-refractivity contribution < 1.29 is 24.3 Å². The van der Waals surface area contributed by atoms with Gasteiger partial charge in [0.2, 0.25) is 11.8 Å². The van der Waals surface area contributed by atoms with Crippen LogP contribution in [0.1, 0.15) is 37.0 Å². The second-order valence-electron chi connectivity index (χ2n) is 8.51. The standard InChI is InChI=1S/C24H30N4O5/c1-15-10-17(12-19(11-15)26-21(29)13-25)14-33-20-6-4-18(5-7-20)24(3)8-9-28(23(24)31)16(2)22(30)27-32/h4-7,10-12,16,32H,8-9,13-14,25H2,1-3H3,(H,26,29)(H,27,30). The molecule has 2 unspecified atom stereocenters. The number of benzene rings is 2. The zero-order valence-corrected chi connectivity index (χ0v) is 19.1. The van der Waals surface area contributed by atoms with Crippen LogP contribution in [0.15, 0.2) is 42.5 Å². The fourth-order valence-electron chi connectivity index (χ4n) is 4.06. The van der Waals surface area contributed by atoms with Gasteiger partial charge in [-0.05, 0) is 68.1 Å². The Kier molecular flexibility index (Phi) is 7.35. The monoisotopic (exact) mass is 454 g/mol. The van der Waals surface area contributed by atoms with E-state index in [0.29, 0.717) is 31.0 Å². The van der Waals surface area contributed by atoms with E-state index in [9.17, 15) is 14.4 Å². The van der Waals surface area contributed by atoms with Gasteiger partial charge in [-0.15, -0.1) is 0 Å². The molecule has 0 saturated carbocycles. The number of nitrogens with zero attached hydrogens (tertiary/aromatic N) is 1. The largest absolute Gasteiger partial charge is 0.489 e. The first-order chi connectivity index (χ1) is 15.7. The van der Waals surface area contributed by atoms with Gasteiger partial charge in [0, 0.05) is 12.2 Å². The van der Waals surface area contributed by atoms with Crippen molar-refractivity contribution in [1.82, 2.24) is 10.4 Å². The van der Waals surface area contributed by atoms with Crippen LogP contribution in [0.3, 0.4) is 0 Å². The molecule has 1 aliphatic rings. The number of aryl methyl sites for hydroxylation is 1. The van der Waals surface area contributed by atoms with E-state index in [0.717, 1.165) is 16.7 Å². The van der Waals surface area contributed by atoms with Gasteiger partial charge in [-0.2, -0.15) is 0 Å². The Morgan fingerprint density at radius 3 is 2.58 bits per heavy atom. The molecule has 1 heterocycles. The summed E-state index contributed by atoms with van der Waals surface area (Å²) >= 11 is 0. The van der Waals surface area contributed by atoms with Crippen LogP contribution in [0.25, 0.3) is 0 Å². The van der Waals surface area contributed by atoms with E-state index in [1.807, 2.05) is 56.3 Å². The molecular formula is C24H30N4O5. The molecule has 3 rings (SSSR count). The van der Waals surface area contributed by atoms with E-state index in [2.05, 4.69) is 5.32 Å². The summed E-state index contributed by atoms with van der Waals surface area (Å²) in [5.41, 5.74) is 9.60.